The van der Waals surface area contributed by atoms with Crippen molar-refractivity contribution >= 4 is 54.4 Å². The molecule has 0 radical (unpaired) electrons. The second-order valence-corrected chi connectivity index (χ2v) is 12.3. The Morgan fingerprint density at radius 3 is 2.34 bits per heavy atom. The van der Waals surface area contributed by atoms with Gasteiger partial charge in [-0.25, -0.2) is 26.2 Å². The molecule has 2 heterocycles. The lowest BCUT2D eigenvalue weighted by Crippen LogP contribution is -2.40. The number of para-hydroxylation sites is 2. The minimum absolute atomic E-state index is 0.131. The van der Waals surface area contributed by atoms with E-state index in [2.05, 4.69) is 25.3 Å². The zero-order valence-electron chi connectivity index (χ0n) is 19.1. The van der Waals surface area contributed by atoms with Gasteiger partial charge in [0.05, 0.1) is 35.3 Å². The number of rotatable bonds is 7. The number of aromatic nitrogens is 2. The smallest absolute Gasteiger partial charge is 0.229 e. The number of sulfone groups is 1. The summed E-state index contributed by atoms with van der Waals surface area (Å²) in [4.78, 5) is 10.2. The van der Waals surface area contributed by atoms with Crippen molar-refractivity contribution in [2.24, 2.45) is 0 Å². The topological polar surface area (TPSA) is 133 Å². The molecule has 10 nitrogen and oxygen atoms in total. The first-order valence-electron chi connectivity index (χ1n) is 10.7. The van der Waals surface area contributed by atoms with E-state index in [9.17, 15) is 21.2 Å². The molecule has 0 atom stereocenters. The Labute approximate surface area is 203 Å². The summed E-state index contributed by atoms with van der Waals surface area (Å²) in [5.41, 5.74) is 3.07. The first-order valence-corrected chi connectivity index (χ1v) is 14.4. The molecule has 1 saturated heterocycles. The molecule has 0 amide bonds. The Balaban J connectivity index is 1.52. The number of aryl methyl sites for hydroxylation is 1. The summed E-state index contributed by atoms with van der Waals surface area (Å²) >= 11 is 0. The van der Waals surface area contributed by atoms with Crippen LogP contribution in [0.1, 0.15) is 5.56 Å². The minimum Gasteiger partial charge on any atom is -0.369 e. The van der Waals surface area contributed by atoms with Gasteiger partial charge >= 0.3 is 0 Å². The van der Waals surface area contributed by atoms with E-state index in [0.29, 0.717) is 24.5 Å². The number of nitrogens with zero attached hydrogens (tertiary/aromatic N) is 3. The molecule has 1 aromatic heterocycles. The number of sulfonamides is 1. The van der Waals surface area contributed by atoms with Crippen LogP contribution in [-0.2, 0) is 19.9 Å². The predicted octanol–water partition coefficient (Wildman–Crippen LogP) is 3.02. The third kappa shape index (κ3) is 6.36. The van der Waals surface area contributed by atoms with Gasteiger partial charge in [-0.3, -0.25) is 4.72 Å². The van der Waals surface area contributed by atoms with Crippen LogP contribution in [0.5, 0.6) is 0 Å². The van der Waals surface area contributed by atoms with Crippen molar-refractivity contribution in [3.8, 4) is 0 Å². The third-order valence-electron chi connectivity index (χ3n) is 5.39. The van der Waals surface area contributed by atoms with Gasteiger partial charge in [0.25, 0.3) is 0 Å². The van der Waals surface area contributed by atoms with Crippen LogP contribution in [0, 0.1) is 12.7 Å². The van der Waals surface area contributed by atoms with E-state index >= 15 is 0 Å². The Morgan fingerprint density at radius 1 is 1.00 bits per heavy atom. The Morgan fingerprint density at radius 2 is 1.69 bits per heavy atom. The highest BCUT2D eigenvalue weighted by Gasteiger charge is 2.22. The first kappa shape index (κ1) is 24.7. The van der Waals surface area contributed by atoms with Crippen molar-refractivity contribution < 1.29 is 21.2 Å². The third-order valence-corrected chi connectivity index (χ3v) is 7.59. The quantitative estimate of drug-likeness (QED) is 0.430. The largest absolute Gasteiger partial charge is 0.369 e. The van der Waals surface area contributed by atoms with Crippen molar-refractivity contribution in [2.75, 3.05) is 51.1 Å². The molecule has 3 aromatic rings. The van der Waals surface area contributed by atoms with Gasteiger partial charge in [0.15, 0.2) is 21.5 Å². The molecular formula is C22H25FN6O4S2. The molecular weight excluding hydrogens is 495 g/mol. The summed E-state index contributed by atoms with van der Waals surface area (Å²) in [5.74, 6) is -0.435. The molecule has 1 aliphatic rings. The van der Waals surface area contributed by atoms with Crippen LogP contribution in [0.15, 0.2) is 48.7 Å². The molecule has 2 aromatic carbocycles. The summed E-state index contributed by atoms with van der Waals surface area (Å²) in [6.07, 6.45) is 2.04. The van der Waals surface area contributed by atoms with Crippen molar-refractivity contribution in [3.05, 3.63) is 60.0 Å². The highest BCUT2D eigenvalue weighted by molar-refractivity contribution is 7.92. The van der Waals surface area contributed by atoms with Crippen molar-refractivity contribution in [1.29, 1.82) is 0 Å². The molecule has 0 saturated carbocycles. The van der Waals surface area contributed by atoms with E-state index in [1.54, 1.807) is 24.3 Å². The molecule has 0 bridgehead atoms. The first-order chi connectivity index (χ1) is 16.5. The molecule has 0 aliphatic carbocycles. The van der Waals surface area contributed by atoms with Gasteiger partial charge in [0, 0.05) is 24.5 Å². The van der Waals surface area contributed by atoms with Crippen LogP contribution < -0.4 is 20.3 Å². The lowest BCUT2D eigenvalue weighted by molar-refractivity contribution is 0.586. The molecule has 186 valence electrons. The SMILES string of the molecule is Cc1cc(N2CCS(=O)(=O)CC2)ccc1Nc1ncc(F)c(Nc2ccccc2NS(C)(=O)=O)n1. The highest BCUT2D eigenvalue weighted by Crippen LogP contribution is 2.29. The normalized spacial score (nSPS) is 15.5. The standard InChI is InChI=1S/C22H25FN6O4S2/c1-15-13-16(29-9-11-35(32,33)12-10-29)7-8-18(15)26-22-24-14-17(23)21(27-22)25-19-5-3-4-6-20(19)28-34(2,30)31/h3-8,13-14,28H,9-12H2,1-2H3,(H2,24,25,26,27). The van der Waals surface area contributed by atoms with Gasteiger partial charge in [-0.15, -0.1) is 0 Å². The maximum Gasteiger partial charge on any atom is 0.229 e. The van der Waals surface area contributed by atoms with E-state index in [1.165, 1.54) is 0 Å². The van der Waals surface area contributed by atoms with Crippen molar-refractivity contribution in [2.45, 2.75) is 6.92 Å². The van der Waals surface area contributed by atoms with Crippen LogP contribution in [0.25, 0.3) is 0 Å². The van der Waals surface area contributed by atoms with E-state index in [-0.39, 0.29) is 29.0 Å². The Hall–Kier alpha value is -3.45. The highest BCUT2D eigenvalue weighted by atomic mass is 32.2. The predicted molar refractivity (Wildman–Crippen MR) is 136 cm³/mol. The molecule has 1 fully saturated rings. The summed E-state index contributed by atoms with van der Waals surface area (Å²) in [6.45, 7) is 2.78. The average molecular weight is 521 g/mol. The lowest BCUT2D eigenvalue weighted by Gasteiger charge is -2.29. The number of nitrogens with one attached hydrogen (secondary N) is 3. The summed E-state index contributed by atoms with van der Waals surface area (Å²) in [7, 11) is -6.50. The maximum atomic E-state index is 14.5. The molecule has 3 N–H and O–H groups in total. The molecule has 0 spiro atoms. The maximum absolute atomic E-state index is 14.5. The molecule has 4 rings (SSSR count). The second-order valence-electron chi connectivity index (χ2n) is 8.20. The number of benzene rings is 2. The van der Waals surface area contributed by atoms with Crippen LogP contribution in [-0.4, -0.2) is 57.7 Å². The fraction of sp³-hybridized carbons (Fsp3) is 0.273. The van der Waals surface area contributed by atoms with Gasteiger partial charge in [-0.2, -0.15) is 4.98 Å². The zero-order valence-corrected chi connectivity index (χ0v) is 20.7. The number of halogens is 1. The van der Waals surface area contributed by atoms with Crippen LogP contribution in [0.4, 0.5) is 38.9 Å². The van der Waals surface area contributed by atoms with Gasteiger partial charge < -0.3 is 15.5 Å². The van der Waals surface area contributed by atoms with Crippen LogP contribution >= 0.6 is 0 Å². The number of anilines is 6. The molecule has 0 unspecified atom stereocenters. The van der Waals surface area contributed by atoms with Crippen molar-refractivity contribution in [3.63, 3.8) is 0 Å². The Bertz CT molecular complexity index is 1450. The van der Waals surface area contributed by atoms with Crippen LogP contribution in [0.3, 0.4) is 0 Å². The summed E-state index contributed by atoms with van der Waals surface area (Å²) in [6, 6.07) is 12.1. The summed E-state index contributed by atoms with van der Waals surface area (Å²) < 4.78 is 63.5. The van der Waals surface area contributed by atoms with Gasteiger partial charge in [-0.1, -0.05) is 12.1 Å². The summed E-state index contributed by atoms with van der Waals surface area (Å²) in [5, 5.41) is 5.88. The van der Waals surface area contributed by atoms with Gasteiger partial charge in [0.1, 0.15) is 0 Å². The van der Waals surface area contributed by atoms with Gasteiger partial charge in [-0.05, 0) is 42.8 Å². The molecule has 35 heavy (non-hydrogen) atoms. The van der Waals surface area contributed by atoms with E-state index < -0.39 is 25.7 Å². The fourth-order valence-electron chi connectivity index (χ4n) is 3.60. The molecule has 1 aliphatic heterocycles. The monoisotopic (exact) mass is 520 g/mol. The van der Waals surface area contributed by atoms with E-state index in [0.717, 1.165) is 23.7 Å². The number of hydrogen-bond donors (Lipinski definition) is 3. The lowest BCUT2D eigenvalue weighted by atomic mass is 10.1. The fourth-order valence-corrected chi connectivity index (χ4v) is 5.38. The van der Waals surface area contributed by atoms with Crippen LogP contribution in [0.2, 0.25) is 0 Å². The molecule has 13 heteroatoms. The zero-order chi connectivity index (χ0) is 25.2. The Kier molecular flexibility index (Phi) is 6.81. The average Bonchev–Trinajstić information content (AvgIpc) is 2.78. The van der Waals surface area contributed by atoms with E-state index in [4.69, 9.17) is 0 Å². The number of hydrogen-bond acceptors (Lipinski definition) is 9. The van der Waals surface area contributed by atoms with Gasteiger partial charge in [0.2, 0.25) is 16.0 Å². The second kappa shape index (κ2) is 9.66. The van der Waals surface area contributed by atoms with E-state index in [1.807, 2.05) is 30.0 Å². The van der Waals surface area contributed by atoms with Crippen molar-refractivity contribution in [1.82, 2.24) is 9.97 Å². The minimum atomic E-state index is -3.54.